The van der Waals surface area contributed by atoms with E-state index in [2.05, 4.69) is 0 Å². The first-order chi connectivity index (χ1) is 31.3. The zero-order valence-corrected chi connectivity index (χ0v) is 34.8. The monoisotopic (exact) mass is 842 g/mol. The van der Waals surface area contributed by atoms with E-state index in [0.717, 1.165) is 0 Å². The molecule has 0 spiro atoms. The first kappa shape index (κ1) is 38.7. The number of fused-ring (bicyclic) bond motifs is 2. The maximum absolute atomic E-state index is 14.7. The molecule has 312 valence electrons. The highest BCUT2D eigenvalue weighted by Crippen LogP contribution is 2.57. The fourth-order valence-electron chi connectivity index (χ4n) is 9.24. The molecular weight excluding hydrogens is 805 g/mol. The maximum atomic E-state index is 14.7. The van der Waals surface area contributed by atoms with Gasteiger partial charge in [0.1, 0.15) is 46.0 Å². The molecule has 0 N–H and O–H groups in total. The Morgan fingerprint density at radius 2 is 0.562 bits per heavy atom. The number of benzene rings is 9. The Balaban J connectivity index is 1.41. The summed E-state index contributed by atoms with van der Waals surface area (Å²) in [5, 5.41) is 3.69. The molecule has 0 saturated carbocycles. The number of imide groups is 2. The lowest BCUT2D eigenvalue weighted by Gasteiger charge is -2.32. The van der Waals surface area contributed by atoms with Gasteiger partial charge in [0.15, 0.2) is 0 Å². The van der Waals surface area contributed by atoms with E-state index in [0.29, 0.717) is 78.9 Å². The molecule has 11 rings (SSSR count). The van der Waals surface area contributed by atoms with Gasteiger partial charge in [-0.1, -0.05) is 86.6 Å². The van der Waals surface area contributed by atoms with Crippen LogP contribution in [0.4, 0.5) is 0 Å². The highest BCUT2D eigenvalue weighted by Gasteiger charge is 2.41. The number of carbonyl (C=O) groups excluding carboxylic acids is 4. The van der Waals surface area contributed by atoms with Crippen LogP contribution in [0.1, 0.15) is 68.1 Å². The maximum Gasteiger partial charge on any atom is 0.261 e. The predicted molar refractivity (Wildman–Crippen MR) is 245 cm³/mol. The Hall–Kier alpha value is -8.24. The van der Waals surface area contributed by atoms with Crippen LogP contribution in [0.5, 0.6) is 46.0 Å². The lowest BCUT2D eigenvalue weighted by Crippen LogP contribution is -2.41. The predicted octanol–water partition coefficient (Wildman–Crippen LogP) is 12.9. The third kappa shape index (κ3) is 6.01. The van der Waals surface area contributed by atoms with Crippen molar-refractivity contribution in [2.75, 3.05) is 13.1 Å². The third-order valence-corrected chi connectivity index (χ3v) is 11.8. The molecule has 0 aromatic heterocycles. The number of nitrogens with zero attached hydrogens (tertiary/aromatic N) is 2. The lowest BCUT2D eigenvalue weighted by molar-refractivity contribution is 0.0595. The molecule has 10 heteroatoms. The Kier molecular flexibility index (Phi) is 9.23. The Bertz CT molecular complexity index is 2940. The molecule has 0 bridgehead atoms. The SMILES string of the molecule is CCCN1C(=O)c2cc(Oc3ccccc3)c3c4c(Oc5ccccc5)cc5c6c(cc(Oc7ccccc7)c(c7c(Oc8ccccc8)cc(c2c37)C1=O)c64)C(=O)N(CCC)C5=O. The number of rotatable bonds is 12. The minimum atomic E-state index is -0.462. The second-order valence-electron chi connectivity index (χ2n) is 15.9. The standard InChI is InChI=1S/C54H38N2O8/c1-3-25-55-51(57)35-27-39(61-31-17-9-5-10-18-31)45-47-41(63-33-21-13-7-14-22-33)29-37-44-38(54(60)56(26-4-2)53(37)59)30-42(64-34-23-15-8-16-24-34)48(50(44)47)46-40(62-32-19-11-6-12-20-32)28-36(52(55)58)43(35)49(45)46/h5-24,27-30H,3-4,25-26H2,1-2H3. The third-order valence-electron chi connectivity index (χ3n) is 11.8. The van der Waals surface area contributed by atoms with Crippen molar-refractivity contribution in [3.8, 4) is 46.0 Å². The molecule has 10 nitrogen and oxygen atoms in total. The molecule has 0 radical (unpaired) electrons. The van der Waals surface area contributed by atoms with Gasteiger partial charge in [-0.25, -0.2) is 0 Å². The van der Waals surface area contributed by atoms with E-state index >= 15 is 0 Å². The minimum Gasteiger partial charge on any atom is -0.457 e. The van der Waals surface area contributed by atoms with Gasteiger partial charge in [-0.2, -0.15) is 0 Å². The van der Waals surface area contributed by atoms with Crippen LogP contribution in [-0.2, 0) is 0 Å². The first-order valence-corrected chi connectivity index (χ1v) is 21.3. The van der Waals surface area contributed by atoms with Crippen LogP contribution in [0.2, 0.25) is 0 Å². The molecule has 0 unspecified atom stereocenters. The van der Waals surface area contributed by atoms with Crippen molar-refractivity contribution in [1.82, 2.24) is 9.80 Å². The smallest absolute Gasteiger partial charge is 0.261 e. The van der Waals surface area contributed by atoms with Crippen molar-refractivity contribution in [3.05, 3.63) is 168 Å². The van der Waals surface area contributed by atoms with Crippen molar-refractivity contribution in [1.29, 1.82) is 0 Å². The first-order valence-electron chi connectivity index (χ1n) is 21.3. The molecule has 4 amide bonds. The summed E-state index contributed by atoms with van der Waals surface area (Å²) in [5.41, 5.74) is 1.08. The number of para-hydroxylation sites is 4. The molecular formula is C54H38N2O8. The van der Waals surface area contributed by atoms with Gasteiger partial charge in [-0.15, -0.1) is 0 Å². The summed E-state index contributed by atoms with van der Waals surface area (Å²) in [4.78, 5) is 61.5. The molecule has 0 saturated heterocycles. The average Bonchev–Trinajstić information content (AvgIpc) is 3.32. The van der Waals surface area contributed by atoms with Gasteiger partial charge in [-0.05, 0) is 85.6 Å². The fourth-order valence-corrected chi connectivity index (χ4v) is 9.24. The quantitative estimate of drug-likeness (QED) is 0.0679. The highest BCUT2D eigenvalue weighted by atomic mass is 16.5. The molecule has 0 atom stereocenters. The lowest BCUT2D eigenvalue weighted by atomic mass is 9.80. The van der Waals surface area contributed by atoms with Crippen LogP contribution < -0.4 is 18.9 Å². The van der Waals surface area contributed by atoms with Crippen LogP contribution >= 0.6 is 0 Å². The summed E-state index contributed by atoms with van der Waals surface area (Å²) >= 11 is 0. The summed E-state index contributed by atoms with van der Waals surface area (Å²) in [6.45, 7) is 4.22. The number of hydrogen-bond acceptors (Lipinski definition) is 8. The average molecular weight is 843 g/mol. The Morgan fingerprint density at radius 3 is 0.781 bits per heavy atom. The fraction of sp³-hybridized carbons (Fsp3) is 0.111. The Morgan fingerprint density at radius 1 is 0.328 bits per heavy atom. The van der Waals surface area contributed by atoms with Crippen LogP contribution in [0.3, 0.4) is 0 Å². The second-order valence-corrected chi connectivity index (χ2v) is 15.9. The zero-order chi connectivity index (χ0) is 43.6. The molecule has 2 aliphatic heterocycles. The van der Waals surface area contributed by atoms with Gasteiger partial charge < -0.3 is 18.9 Å². The van der Waals surface area contributed by atoms with E-state index in [9.17, 15) is 19.2 Å². The minimum absolute atomic E-state index is 0.195. The summed E-state index contributed by atoms with van der Waals surface area (Å²) in [6.07, 6.45) is 1.08. The molecule has 64 heavy (non-hydrogen) atoms. The number of carbonyl (C=O) groups is 4. The molecule has 9 aromatic rings. The van der Waals surface area contributed by atoms with Gasteiger partial charge in [0, 0.05) is 56.2 Å². The summed E-state index contributed by atoms with van der Waals surface area (Å²) in [7, 11) is 0. The van der Waals surface area contributed by atoms with E-state index < -0.39 is 23.6 Å². The molecule has 0 fully saturated rings. The van der Waals surface area contributed by atoms with Crippen LogP contribution in [-0.4, -0.2) is 46.5 Å². The Labute approximate surface area is 367 Å². The van der Waals surface area contributed by atoms with Gasteiger partial charge in [0.2, 0.25) is 0 Å². The van der Waals surface area contributed by atoms with Crippen LogP contribution in [0.25, 0.3) is 43.1 Å². The number of hydrogen-bond donors (Lipinski definition) is 0. The summed E-state index contributed by atoms with van der Waals surface area (Å²) in [6, 6.07) is 43.7. The van der Waals surface area contributed by atoms with Gasteiger partial charge in [-0.3, -0.25) is 29.0 Å². The molecule has 0 aliphatic carbocycles. The van der Waals surface area contributed by atoms with E-state index in [1.165, 1.54) is 9.80 Å². The zero-order valence-electron chi connectivity index (χ0n) is 34.8. The van der Waals surface area contributed by atoms with Crippen LogP contribution in [0.15, 0.2) is 146 Å². The van der Waals surface area contributed by atoms with Crippen molar-refractivity contribution in [3.63, 3.8) is 0 Å². The normalized spacial score (nSPS) is 13.5. The van der Waals surface area contributed by atoms with E-state index in [1.54, 1.807) is 24.3 Å². The summed E-state index contributed by atoms with van der Waals surface area (Å²) < 4.78 is 27.5. The van der Waals surface area contributed by atoms with E-state index in [4.69, 9.17) is 18.9 Å². The molecule has 2 aliphatic rings. The van der Waals surface area contributed by atoms with E-state index in [1.807, 2.05) is 135 Å². The molecule has 9 aromatic carbocycles. The van der Waals surface area contributed by atoms with Gasteiger partial charge in [0.05, 0.1) is 22.3 Å². The van der Waals surface area contributed by atoms with Gasteiger partial charge >= 0.3 is 0 Å². The summed E-state index contributed by atoms with van der Waals surface area (Å²) in [5.74, 6) is 1.24. The van der Waals surface area contributed by atoms with Crippen LogP contribution in [0, 0.1) is 0 Å². The largest absolute Gasteiger partial charge is 0.457 e. The topological polar surface area (TPSA) is 112 Å². The van der Waals surface area contributed by atoms with Crippen molar-refractivity contribution in [2.24, 2.45) is 0 Å². The second kappa shape index (κ2) is 15.3. The van der Waals surface area contributed by atoms with Crippen molar-refractivity contribution < 1.29 is 38.1 Å². The van der Waals surface area contributed by atoms with Crippen molar-refractivity contribution >= 4 is 66.7 Å². The highest BCUT2D eigenvalue weighted by molar-refractivity contribution is 6.44. The van der Waals surface area contributed by atoms with Gasteiger partial charge in [0.25, 0.3) is 23.6 Å². The van der Waals surface area contributed by atoms with E-state index in [-0.39, 0.29) is 58.3 Å². The molecule has 2 heterocycles. The van der Waals surface area contributed by atoms with Crippen molar-refractivity contribution in [2.45, 2.75) is 26.7 Å². The number of amides is 4. The number of ether oxygens (including phenoxy) is 4.